The third-order valence-corrected chi connectivity index (χ3v) is 5.07. The maximum absolute atomic E-state index is 12.0. The van der Waals surface area contributed by atoms with E-state index in [1.807, 2.05) is 29.6 Å². The lowest BCUT2D eigenvalue weighted by molar-refractivity contribution is -0.380. The maximum atomic E-state index is 12.0. The van der Waals surface area contributed by atoms with Crippen molar-refractivity contribution >= 4 is 44.8 Å². The third kappa shape index (κ3) is 4.32. The van der Waals surface area contributed by atoms with Gasteiger partial charge < -0.3 is 4.74 Å². The number of anilines is 1. The second kappa shape index (κ2) is 7.89. The summed E-state index contributed by atoms with van der Waals surface area (Å²) in [5, 5.41) is 15.7. The van der Waals surface area contributed by atoms with E-state index in [2.05, 4.69) is 10.3 Å². The first-order chi connectivity index (χ1) is 12.5. The second-order valence-corrected chi connectivity index (χ2v) is 6.97. The van der Waals surface area contributed by atoms with Gasteiger partial charge in [0.1, 0.15) is 5.75 Å². The normalized spacial score (nSPS) is 10.8. The van der Waals surface area contributed by atoms with Crippen LogP contribution >= 0.6 is 22.7 Å². The van der Waals surface area contributed by atoms with Crippen LogP contribution in [0.1, 0.15) is 4.88 Å². The van der Waals surface area contributed by atoms with Gasteiger partial charge in [-0.3, -0.25) is 20.2 Å². The van der Waals surface area contributed by atoms with E-state index in [0.717, 1.165) is 28.3 Å². The zero-order chi connectivity index (χ0) is 18.5. The number of benzene rings is 1. The highest BCUT2D eigenvalue weighted by Crippen LogP contribution is 2.27. The van der Waals surface area contributed by atoms with E-state index in [4.69, 9.17) is 4.74 Å². The van der Waals surface area contributed by atoms with Crippen molar-refractivity contribution in [3.63, 3.8) is 0 Å². The number of rotatable bonds is 6. The molecule has 7 nitrogen and oxygen atoms in total. The zero-order valence-corrected chi connectivity index (χ0v) is 15.2. The molecule has 9 heteroatoms. The molecule has 0 spiro atoms. The Morgan fingerprint density at radius 1 is 1.27 bits per heavy atom. The number of thiazole rings is 1. The summed E-state index contributed by atoms with van der Waals surface area (Å²) in [6, 6.07) is 10.5. The van der Waals surface area contributed by atoms with Crippen LogP contribution in [0.2, 0.25) is 0 Å². The van der Waals surface area contributed by atoms with Gasteiger partial charge >= 0.3 is 5.00 Å². The van der Waals surface area contributed by atoms with Crippen LogP contribution in [0, 0.1) is 10.1 Å². The van der Waals surface area contributed by atoms with E-state index < -0.39 is 4.92 Å². The standard InChI is InChI=1S/C17H13N3O4S2/c1-24-12-4-2-11(3-5-12)14-10-25-17(18-14)19-15(21)8-6-13-7-9-16(26-13)20(22)23/h2-10H,1H3,(H,18,19,21)/b8-6+. The van der Waals surface area contributed by atoms with Crippen LogP contribution < -0.4 is 10.1 Å². The highest BCUT2D eigenvalue weighted by Gasteiger charge is 2.09. The number of carbonyl (C=O) groups is 1. The maximum Gasteiger partial charge on any atom is 0.324 e. The van der Waals surface area contributed by atoms with Gasteiger partial charge in [-0.05, 0) is 36.4 Å². The molecule has 0 atom stereocenters. The minimum atomic E-state index is -0.460. The smallest absolute Gasteiger partial charge is 0.324 e. The summed E-state index contributed by atoms with van der Waals surface area (Å²) in [4.78, 5) is 27.2. The zero-order valence-electron chi connectivity index (χ0n) is 13.5. The van der Waals surface area contributed by atoms with Gasteiger partial charge in [0.25, 0.3) is 0 Å². The Bertz CT molecular complexity index is 961. The van der Waals surface area contributed by atoms with Gasteiger partial charge in [-0.15, -0.1) is 11.3 Å². The summed E-state index contributed by atoms with van der Waals surface area (Å²) >= 11 is 2.32. The molecule has 0 radical (unpaired) electrons. The highest BCUT2D eigenvalue weighted by molar-refractivity contribution is 7.16. The fourth-order valence-corrected chi connectivity index (χ4v) is 3.51. The molecule has 0 saturated heterocycles. The number of methoxy groups -OCH3 is 1. The second-order valence-electron chi connectivity index (χ2n) is 5.02. The van der Waals surface area contributed by atoms with Crippen molar-refractivity contribution in [2.75, 3.05) is 12.4 Å². The topological polar surface area (TPSA) is 94.4 Å². The van der Waals surface area contributed by atoms with Gasteiger partial charge in [0, 0.05) is 28.0 Å². The fourth-order valence-electron chi connectivity index (χ4n) is 2.06. The van der Waals surface area contributed by atoms with Crippen LogP contribution in [0.5, 0.6) is 5.75 Å². The molecule has 1 aromatic carbocycles. The number of carbonyl (C=O) groups excluding carboxylic acids is 1. The minimum Gasteiger partial charge on any atom is -0.497 e. The Balaban J connectivity index is 1.63. The van der Waals surface area contributed by atoms with Crippen molar-refractivity contribution in [2.24, 2.45) is 0 Å². The number of hydrogen-bond donors (Lipinski definition) is 1. The molecular weight excluding hydrogens is 374 g/mol. The van der Waals surface area contributed by atoms with E-state index in [1.165, 1.54) is 29.6 Å². The number of nitrogens with zero attached hydrogens (tertiary/aromatic N) is 2. The molecule has 26 heavy (non-hydrogen) atoms. The summed E-state index contributed by atoms with van der Waals surface area (Å²) in [5.41, 5.74) is 1.68. The molecule has 0 fully saturated rings. The number of thiophene rings is 1. The van der Waals surface area contributed by atoms with Crippen LogP contribution in [-0.2, 0) is 4.79 Å². The van der Waals surface area contributed by atoms with Gasteiger partial charge in [-0.1, -0.05) is 11.3 Å². The van der Waals surface area contributed by atoms with Crippen molar-refractivity contribution in [2.45, 2.75) is 0 Å². The average Bonchev–Trinajstić information content (AvgIpc) is 3.30. The third-order valence-electron chi connectivity index (χ3n) is 3.31. The summed E-state index contributed by atoms with van der Waals surface area (Å²) in [7, 11) is 1.60. The quantitative estimate of drug-likeness (QED) is 0.383. The van der Waals surface area contributed by atoms with Crippen molar-refractivity contribution in [1.82, 2.24) is 4.98 Å². The molecule has 3 aromatic rings. The number of hydrogen-bond acceptors (Lipinski definition) is 7. The number of aromatic nitrogens is 1. The van der Waals surface area contributed by atoms with Gasteiger partial charge in [-0.25, -0.2) is 4.98 Å². The molecule has 2 heterocycles. The van der Waals surface area contributed by atoms with Gasteiger partial charge in [0.15, 0.2) is 5.13 Å². The molecule has 1 N–H and O–H groups in total. The van der Waals surface area contributed by atoms with Crippen LogP contribution in [0.15, 0.2) is 47.9 Å². The van der Waals surface area contributed by atoms with E-state index in [-0.39, 0.29) is 10.9 Å². The predicted octanol–water partition coefficient (Wildman–Crippen LogP) is 4.44. The molecule has 3 rings (SSSR count). The molecule has 132 valence electrons. The van der Waals surface area contributed by atoms with Crippen molar-refractivity contribution in [3.8, 4) is 17.0 Å². The molecule has 0 aliphatic rings. The number of ether oxygens (including phenoxy) is 1. The predicted molar refractivity (Wildman–Crippen MR) is 103 cm³/mol. The van der Waals surface area contributed by atoms with Crippen molar-refractivity contribution < 1.29 is 14.5 Å². The Morgan fingerprint density at radius 2 is 2.04 bits per heavy atom. The number of amides is 1. The van der Waals surface area contributed by atoms with Crippen LogP contribution in [0.3, 0.4) is 0 Å². The molecular formula is C17H13N3O4S2. The van der Waals surface area contributed by atoms with E-state index in [0.29, 0.717) is 10.0 Å². The fraction of sp³-hybridized carbons (Fsp3) is 0.0588. The summed E-state index contributed by atoms with van der Waals surface area (Å²) in [6.07, 6.45) is 2.86. The Kier molecular flexibility index (Phi) is 5.40. The Morgan fingerprint density at radius 3 is 2.69 bits per heavy atom. The van der Waals surface area contributed by atoms with Gasteiger partial charge in [0.05, 0.1) is 17.7 Å². The number of nitro groups is 1. The first-order valence-electron chi connectivity index (χ1n) is 7.38. The van der Waals surface area contributed by atoms with Crippen LogP contribution in [0.25, 0.3) is 17.3 Å². The lowest BCUT2D eigenvalue weighted by atomic mass is 10.2. The summed E-state index contributed by atoms with van der Waals surface area (Å²) in [5.74, 6) is 0.410. The summed E-state index contributed by atoms with van der Waals surface area (Å²) < 4.78 is 5.12. The SMILES string of the molecule is COc1ccc(-c2csc(NC(=O)/C=C/c3ccc([N+](=O)[O-])s3)n2)cc1. The molecule has 0 aliphatic heterocycles. The van der Waals surface area contributed by atoms with E-state index in [9.17, 15) is 14.9 Å². The molecule has 0 bridgehead atoms. The first kappa shape index (κ1) is 17.8. The van der Waals surface area contributed by atoms with E-state index in [1.54, 1.807) is 13.2 Å². The average molecular weight is 387 g/mol. The largest absolute Gasteiger partial charge is 0.497 e. The highest BCUT2D eigenvalue weighted by atomic mass is 32.1. The van der Waals surface area contributed by atoms with Gasteiger partial charge in [-0.2, -0.15) is 0 Å². The van der Waals surface area contributed by atoms with Crippen molar-refractivity contribution in [3.05, 3.63) is 62.8 Å². The summed E-state index contributed by atoms with van der Waals surface area (Å²) in [6.45, 7) is 0. The van der Waals surface area contributed by atoms with E-state index >= 15 is 0 Å². The molecule has 0 saturated carbocycles. The lowest BCUT2D eigenvalue weighted by Crippen LogP contribution is -2.07. The monoisotopic (exact) mass is 387 g/mol. The Labute approximate surface area is 156 Å². The van der Waals surface area contributed by atoms with Crippen LogP contribution in [-0.4, -0.2) is 22.9 Å². The first-order valence-corrected chi connectivity index (χ1v) is 9.08. The lowest BCUT2D eigenvalue weighted by Gasteiger charge is -2.00. The molecule has 2 aromatic heterocycles. The Hall–Kier alpha value is -3.04. The van der Waals surface area contributed by atoms with Crippen LogP contribution in [0.4, 0.5) is 10.1 Å². The minimum absolute atomic E-state index is 0.0362. The van der Waals surface area contributed by atoms with Crippen molar-refractivity contribution in [1.29, 1.82) is 0 Å². The molecule has 1 amide bonds. The van der Waals surface area contributed by atoms with Gasteiger partial charge in [0.2, 0.25) is 5.91 Å². The number of nitrogens with one attached hydrogen (secondary N) is 1. The molecule has 0 unspecified atom stereocenters. The molecule has 0 aliphatic carbocycles.